The Labute approximate surface area is 217 Å². The number of hydrogen-bond donors (Lipinski definition) is 3. The van der Waals surface area contributed by atoms with Crippen LogP contribution in [0.1, 0.15) is 49.0 Å². The van der Waals surface area contributed by atoms with Gasteiger partial charge in [-0.1, -0.05) is 91.4 Å². The fourth-order valence-electron chi connectivity index (χ4n) is 2.10. The van der Waals surface area contributed by atoms with Crippen molar-refractivity contribution in [3.63, 3.8) is 0 Å². The van der Waals surface area contributed by atoms with Gasteiger partial charge >= 0.3 is 0 Å². The SMILES string of the molecule is C.CC.CC.CC.CNc1ccccc1.CNc1ccccc1[N+](=O)[O-].Nc1ccccc1[N+](=O)[O-]. The molecule has 0 bridgehead atoms. The Bertz CT molecular complexity index is 923. The van der Waals surface area contributed by atoms with Crippen molar-refractivity contribution in [2.45, 2.75) is 49.0 Å². The molecule has 0 aliphatic heterocycles. The molecular formula is C27H45N5O4. The lowest BCUT2D eigenvalue weighted by Gasteiger charge is -1.98. The second kappa shape index (κ2) is 27.1. The number of nitrogen functional groups attached to an aromatic ring is 1. The number of anilines is 3. The normalized spacial score (nSPS) is 7.78. The Balaban J connectivity index is -0.000000192. The summed E-state index contributed by atoms with van der Waals surface area (Å²) >= 11 is 0. The summed E-state index contributed by atoms with van der Waals surface area (Å²) in [5, 5.41) is 26.3. The minimum absolute atomic E-state index is 0. The molecule has 0 aliphatic carbocycles. The molecule has 0 fully saturated rings. The number of nitro groups is 2. The minimum Gasteiger partial charge on any atom is -0.393 e. The molecule has 0 radical (unpaired) electrons. The summed E-state index contributed by atoms with van der Waals surface area (Å²) in [4.78, 5) is 19.6. The summed E-state index contributed by atoms with van der Waals surface area (Å²) in [6.07, 6.45) is 0. The lowest BCUT2D eigenvalue weighted by atomic mass is 10.3. The lowest BCUT2D eigenvalue weighted by molar-refractivity contribution is -0.384. The topological polar surface area (TPSA) is 136 Å². The maximum atomic E-state index is 10.3. The van der Waals surface area contributed by atoms with Gasteiger partial charge in [0.05, 0.1) is 9.85 Å². The monoisotopic (exact) mass is 503 g/mol. The van der Waals surface area contributed by atoms with Gasteiger partial charge in [0.2, 0.25) is 0 Å². The molecule has 36 heavy (non-hydrogen) atoms. The van der Waals surface area contributed by atoms with Crippen molar-refractivity contribution in [3.8, 4) is 0 Å². The van der Waals surface area contributed by atoms with Crippen LogP contribution in [0.4, 0.5) is 28.4 Å². The van der Waals surface area contributed by atoms with E-state index in [0.29, 0.717) is 5.69 Å². The number of nitro benzene ring substituents is 2. The van der Waals surface area contributed by atoms with Crippen molar-refractivity contribution in [1.82, 2.24) is 0 Å². The fraction of sp³-hybridized carbons (Fsp3) is 0.333. The highest BCUT2D eigenvalue weighted by atomic mass is 16.6. The van der Waals surface area contributed by atoms with Crippen LogP contribution >= 0.6 is 0 Å². The Morgan fingerprint density at radius 3 is 1.31 bits per heavy atom. The zero-order valence-corrected chi connectivity index (χ0v) is 22.1. The minimum atomic E-state index is -0.505. The molecule has 9 heteroatoms. The van der Waals surface area contributed by atoms with E-state index in [2.05, 4.69) is 10.6 Å². The summed E-state index contributed by atoms with van der Waals surface area (Å²) in [5.41, 5.74) is 7.25. The summed E-state index contributed by atoms with van der Waals surface area (Å²) in [5.74, 6) is 0. The number of rotatable bonds is 4. The Morgan fingerprint density at radius 1 is 0.611 bits per heavy atom. The quantitative estimate of drug-likeness (QED) is 0.185. The highest BCUT2D eigenvalue weighted by Crippen LogP contribution is 2.22. The average molecular weight is 504 g/mol. The smallest absolute Gasteiger partial charge is 0.292 e. The third-order valence-corrected chi connectivity index (χ3v) is 3.57. The number of hydrogen-bond acceptors (Lipinski definition) is 7. The molecule has 0 atom stereocenters. The molecular weight excluding hydrogens is 458 g/mol. The summed E-state index contributed by atoms with van der Waals surface area (Å²) in [6.45, 7) is 12.0. The van der Waals surface area contributed by atoms with Crippen LogP contribution in [-0.4, -0.2) is 23.9 Å². The van der Waals surface area contributed by atoms with Gasteiger partial charge in [0, 0.05) is 31.9 Å². The summed E-state index contributed by atoms with van der Waals surface area (Å²) < 4.78 is 0. The van der Waals surface area contributed by atoms with Crippen LogP contribution in [0, 0.1) is 20.2 Å². The fourth-order valence-corrected chi connectivity index (χ4v) is 2.10. The summed E-state index contributed by atoms with van der Waals surface area (Å²) in [6, 6.07) is 22.7. The molecule has 9 nitrogen and oxygen atoms in total. The molecule has 0 spiro atoms. The number of nitrogens with two attached hydrogens (primary N) is 1. The van der Waals surface area contributed by atoms with Crippen molar-refractivity contribution < 1.29 is 9.85 Å². The third kappa shape index (κ3) is 17.4. The first-order chi connectivity index (χ1) is 16.9. The van der Waals surface area contributed by atoms with Crippen molar-refractivity contribution >= 4 is 28.4 Å². The molecule has 202 valence electrons. The largest absolute Gasteiger partial charge is 0.393 e. The van der Waals surface area contributed by atoms with Gasteiger partial charge in [-0.3, -0.25) is 20.2 Å². The van der Waals surface area contributed by atoms with Gasteiger partial charge in [-0.05, 0) is 24.3 Å². The van der Waals surface area contributed by atoms with Gasteiger partial charge in [-0.25, -0.2) is 0 Å². The highest BCUT2D eigenvalue weighted by molar-refractivity contribution is 5.60. The van der Waals surface area contributed by atoms with Gasteiger partial charge in [-0.15, -0.1) is 0 Å². The number of nitrogens with zero attached hydrogens (tertiary/aromatic N) is 2. The van der Waals surface area contributed by atoms with Crippen LogP contribution in [0.25, 0.3) is 0 Å². The Morgan fingerprint density at radius 2 is 1.00 bits per heavy atom. The standard InChI is InChI=1S/C7H8N2O2.C7H9N.C6H6N2O2.3C2H6.CH4/c1-8-6-4-2-3-5-7(6)9(10)11;1-8-7-5-3-2-4-6-7;7-5-3-1-2-4-6(5)8(9)10;3*1-2;/h2-5,8H,1H3;2-6,8H,1H3;1-4H,7H2;3*1-2H3;1H4. The van der Waals surface area contributed by atoms with E-state index in [1.807, 2.05) is 78.9 Å². The van der Waals surface area contributed by atoms with Gasteiger partial charge in [0.25, 0.3) is 11.4 Å². The number of benzene rings is 3. The van der Waals surface area contributed by atoms with E-state index in [1.165, 1.54) is 18.2 Å². The summed E-state index contributed by atoms with van der Waals surface area (Å²) in [7, 11) is 3.57. The molecule has 3 aromatic carbocycles. The molecule has 4 N–H and O–H groups in total. The molecule has 0 unspecified atom stereocenters. The van der Waals surface area contributed by atoms with Gasteiger partial charge in [0.1, 0.15) is 11.4 Å². The predicted molar refractivity (Wildman–Crippen MR) is 157 cm³/mol. The van der Waals surface area contributed by atoms with Crippen LogP contribution < -0.4 is 16.4 Å². The Hall–Kier alpha value is -4.14. The van der Waals surface area contributed by atoms with E-state index in [0.717, 1.165) is 5.69 Å². The van der Waals surface area contributed by atoms with E-state index in [9.17, 15) is 20.2 Å². The van der Waals surface area contributed by atoms with E-state index in [4.69, 9.17) is 5.73 Å². The van der Waals surface area contributed by atoms with E-state index >= 15 is 0 Å². The van der Waals surface area contributed by atoms with Crippen LogP contribution in [0.15, 0.2) is 78.9 Å². The lowest BCUT2D eigenvalue weighted by Crippen LogP contribution is -1.95. The van der Waals surface area contributed by atoms with Crippen LogP contribution in [0.5, 0.6) is 0 Å². The zero-order valence-electron chi connectivity index (χ0n) is 22.1. The van der Waals surface area contributed by atoms with Crippen molar-refractivity contribution in [3.05, 3.63) is 99.1 Å². The second-order valence-corrected chi connectivity index (χ2v) is 5.46. The first-order valence-corrected chi connectivity index (χ1v) is 11.5. The van der Waals surface area contributed by atoms with Crippen molar-refractivity contribution in [2.24, 2.45) is 0 Å². The first-order valence-electron chi connectivity index (χ1n) is 11.5. The maximum absolute atomic E-state index is 10.3. The zero-order chi connectivity index (χ0) is 27.6. The van der Waals surface area contributed by atoms with E-state index in [1.54, 1.807) is 37.4 Å². The van der Waals surface area contributed by atoms with E-state index in [-0.39, 0.29) is 24.5 Å². The number of para-hydroxylation sites is 5. The molecule has 0 amide bonds. The van der Waals surface area contributed by atoms with Crippen LogP contribution in [-0.2, 0) is 0 Å². The maximum Gasteiger partial charge on any atom is 0.292 e. The highest BCUT2D eigenvalue weighted by Gasteiger charge is 2.09. The molecule has 3 aromatic rings. The average Bonchev–Trinajstić information content (AvgIpc) is 2.93. The Kier molecular flexibility index (Phi) is 29.4. The van der Waals surface area contributed by atoms with Crippen molar-refractivity contribution in [2.75, 3.05) is 30.5 Å². The molecule has 0 saturated carbocycles. The predicted octanol–water partition coefficient (Wildman–Crippen LogP) is 8.26. The van der Waals surface area contributed by atoms with Crippen molar-refractivity contribution in [1.29, 1.82) is 0 Å². The molecule has 0 aromatic heterocycles. The molecule has 0 aliphatic rings. The molecule has 0 saturated heterocycles. The first kappa shape index (κ1) is 39.1. The number of nitrogens with one attached hydrogen (secondary N) is 2. The van der Waals surface area contributed by atoms with E-state index < -0.39 is 9.85 Å². The molecule has 0 heterocycles. The van der Waals surface area contributed by atoms with Crippen LogP contribution in [0.3, 0.4) is 0 Å². The second-order valence-electron chi connectivity index (χ2n) is 5.46. The van der Waals surface area contributed by atoms with Gasteiger partial charge in [0.15, 0.2) is 0 Å². The van der Waals surface area contributed by atoms with Gasteiger partial charge in [-0.2, -0.15) is 0 Å². The van der Waals surface area contributed by atoms with Crippen LogP contribution in [0.2, 0.25) is 0 Å². The van der Waals surface area contributed by atoms with Gasteiger partial charge < -0.3 is 16.4 Å². The molecule has 3 rings (SSSR count). The third-order valence-electron chi connectivity index (χ3n) is 3.57.